The fourth-order valence-electron chi connectivity index (χ4n) is 2.76. The molecular weight excluding hydrogens is 316 g/mol. The zero-order chi connectivity index (χ0) is 16.4. The van der Waals surface area contributed by atoms with Crippen molar-refractivity contribution in [2.75, 3.05) is 6.61 Å². The number of ether oxygens (including phenoxy) is 1. The molecule has 1 amide bonds. The van der Waals surface area contributed by atoms with E-state index in [2.05, 4.69) is 15.6 Å². The Bertz CT molecular complexity index is 710. The van der Waals surface area contributed by atoms with Crippen molar-refractivity contribution in [1.29, 1.82) is 0 Å². The van der Waals surface area contributed by atoms with Gasteiger partial charge in [0.1, 0.15) is 0 Å². The van der Waals surface area contributed by atoms with E-state index < -0.39 is 0 Å². The van der Waals surface area contributed by atoms with Gasteiger partial charge in [-0.15, -0.1) is 5.10 Å². The summed E-state index contributed by atoms with van der Waals surface area (Å²) in [6.45, 7) is 4.50. The molecule has 1 aliphatic rings. The minimum Gasteiger partial charge on any atom is -0.376 e. The molecule has 23 heavy (non-hydrogen) atoms. The van der Waals surface area contributed by atoms with Gasteiger partial charge in [0, 0.05) is 6.61 Å². The minimum atomic E-state index is -0.246. The lowest BCUT2D eigenvalue weighted by molar-refractivity contribution is 0.0709. The van der Waals surface area contributed by atoms with Crippen LogP contribution in [-0.2, 0) is 4.74 Å². The number of nitrogens with zero attached hydrogens (tertiary/aromatic N) is 3. The van der Waals surface area contributed by atoms with Crippen molar-refractivity contribution in [2.45, 2.75) is 38.8 Å². The highest BCUT2D eigenvalue weighted by Gasteiger charge is 2.26. The van der Waals surface area contributed by atoms with E-state index in [0.717, 1.165) is 19.4 Å². The Labute approximate surface area is 139 Å². The number of nitrogens with one attached hydrogen (secondary N) is 1. The van der Waals surface area contributed by atoms with Crippen LogP contribution in [0.5, 0.6) is 0 Å². The van der Waals surface area contributed by atoms with Crippen LogP contribution in [0.4, 0.5) is 0 Å². The maximum atomic E-state index is 12.4. The monoisotopic (exact) mass is 334 g/mol. The standard InChI is InChI=1S/C16H19ClN4O2/c1-10(14-8-5-9-23-14)18-16(22)15-11(2)21(20-19-15)13-7-4-3-6-12(13)17/h3-4,6-7,10,14H,5,8-9H2,1-2H3,(H,18,22)/t10-,14+/m1/s1. The second kappa shape index (κ2) is 6.68. The molecule has 0 unspecified atom stereocenters. The first-order chi connectivity index (χ1) is 11.1. The van der Waals surface area contributed by atoms with Crippen LogP contribution in [0.3, 0.4) is 0 Å². The first-order valence-electron chi connectivity index (χ1n) is 7.67. The summed E-state index contributed by atoms with van der Waals surface area (Å²) in [5.41, 5.74) is 1.65. The fourth-order valence-corrected chi connectivity index (χ4v) is 2.97. The number of rotatable bonds is 4. The van der Waals surface area contributed by atoms with Crippen LogP contribution in [0.15, 0.2) is 24.3 Å². The van der Waals surface area contributed by atoms with Crippen LogP contribution in [0.25, 0.3) is 5.69 Å². The summed E-state index contributed by atoms with van der Waals surface area (Å²) in [5.74, 6) is -0.246. The molecule has 0 saturated carbocycles. The quantitative estimate of drug-likeness (QED) is 0.932. The Hall–Kier alpha value is -1.92. The lowest BCUT2D eigenvalue weighted by atomic mass is 10.1. The van der Waals surface area contributed by atoms with E-state index in [9.17, 15) is 4.79 Å². The first kappa shape index (κ1) is 16.0. The number of hydrogen-bond donors (Lipinski definition) is 1. The molecule has 0 spiro atoms. The van der Waals surface area contributed by atoms with Crippen LogP contribution in [0.1, 0.15) is 35.9 Å². The lowest BCUT2D eigenvalue weighted by Gasteiger charge is -2.19. The molecule has 1 aliphatic heterocycles. The molecule has 1 N–H and O–H groups in total. The van der Waals surface area contributed by atoms with Gasteiger partial charge in [-0.25, -0.2) is 4.68 Å². The van der Waals surface area contributed by atoms with Crippen molar-refractivity contribution in [2.24, 2.45) is 0 Å². The summed E-state index contributed by atoms with van der Waals surface area (Å²) in [6.07, 6.45) is 2.07. The predicted molar refractivity (Wildman–Crippen MR) is 87.0 cm³/mol. The molecule has 1 aromatic carbocycles. The molecule has 122 valence electrons. The summed E-state index contributed by atoms with van der Waals surface area (Å²) in [6, 6.07) is 7.25. The summed E-state index contributed by atoms with van der Waals surface area (Å²) in [4.78, 5) is 12.4. The van der Waals surface area contributed by atoms with E-state index >= 15 is 0 Å². The van der Waals surface area contributed by atoms with Gasteiger partial charge < -0.3 is 10.1 Å². The summed E-state index contributed by atoms with van der Waals surface area (Å²) in [5, 5.41) is 11.6. The molecule has 0 bridgehead atoms. The van der Waals surface area contributed by atoms with Gasteiger partial charge in [0.15, 0.2) is 5.69 Å². The normalized spacial score (nSPS) is 18.8. The van der Waals surface area contributed by atoms with Crippen LogP contribution < -0.4 is 5.32 Å². The highest BCUT2D eigenvalue weighted by molar-refractivity contribution is 6.32. The maximum Gasteiger partial charge on any atom is 0.274 e. The zero-order valence-electron chi connectivity index (χ0n) is 13.1. The van der Waals surface area contributed by atoms with E-state index in [-0.39, 0.29) is 18.1 Å². The number of carbonyl (C=O) groups excluding carboxylic acids is 1. The Morgan fingerprint density at radius 3 is 2.96 bits per heavy atom. The second-order valence-electron chi connectivity index (χ2n) is 5.70. The molecule has 1 aromatic heterocycles. The molecular formula is C16H19ClN4O2. The molecule has 0 radical (unpaired) electrons. The Morgan fingerprint density at radius 1 is 1.48 bits per heavy atom. The zero-order valence-corrected chi connectivity index (χ0v) is 13.9. The van der Waals surface area contributed by atoms with Crippen molar-refractivity contribution in [1.82, 2.24) is 20.3 Å². The molecule has 2 aromatic rings. The number of para-hydroxylation sites is 1. The fraction of sp³-hybridized carbons (Fsp3) is 0.438. The third-order valence-corrected chi connectivity index (χ3v) is 4.39. The highest BCUT2D eigenvalue weighted by Crippen LogP contribution is 2.21. The van der Waals surface area contributed by atoms with Crippen LogP contribution in [-0.4, -0.2) is 39.7 Å². The van der Waals surface area contributed by atoms with Crippen LogP contribution >= 0.6 is 11.6 Å². The van der Waals surface area contributed by atoms with E-state index in [4.69, 9.17) is 16.3 Å². The Kier molecular flexibility index (Phi) is 4.63. The van der Waals surface area contributed by atoms with Crippen molar-refractivity contribution in [3.05, 3.63) is 40.7 Å². The smallest absolute Gasteiger partial charge is 0.274 e. The van der Waals surface area contributed by atoms with Crippen LogP contribution in [0.2, 0.25) is 5.02 Å². The molecule has 3 rings (SSSR count). The van der Waals surface area contributed by atoms with Crippen molar-refractivity contribution < 1.29 is 9.53 Å². The van der Waals surface area contributed by atoms with Crippen molar-refractivity contribution in [3.8, 4) is 5.69 Å². The number of amides is 1. The predicted octanol–water partition coefficient (Wildman–Crippen LogP) is 2.53. The highest BCUT2D eigenvalue weighted by atomic mass is 35.5. The average Bonchev–Trinajstić information content (AvgIpc) is 3.17. The molecule has 1 saturated heterocycles. The number of benzene rings is 1. The topological polar surface area (TPSA) is 69.0 Å². The van der Waals surface area contributed by atoms with Gasteiger partial charge in [-0.1, -0.05) is 28.9 Å². The summed E-state index contributed by atoms with van der Waals surface area (Å²) in [7, 11) is 0. The number of hydrogen-bond acceptors (Lipinski definition) is 4. The average molecular weight is 335 g/mol. The van der Waals surface area contributed by atoms with E-state index in [1.54, 1.807) is 17.7 Å². The minimum absolute atomic E-state index is 0.0603. The van der Waals surface area contributed by atoms with E-state index in [0.29, 0.717) is 22.1 Å². The van der Waals surface area contributed by atoms with Gasteiger partial charge in [-0.2, -0.15) is 0 Å². The lowest BCUT2D eigenvalue weighted by Crippen LogP contribution is -2.41. The molecule has 2 atom stereocenters. The van der Waals surface area contributed by atoms with Gasteiger partial charge in [0.25, 0.3) is 5.91 Å². The third-order valence-electron chi connectivity index (χ3n) is 4.07. The Morgan fingerprint density at radius 2 is 2.26 bits per heavy atom. The molecule has 7 heteroatoms. The number of aromatic nitrogens is 3. The first-order valence-corrected chi connectivity index (χ1v) is 8.05. The number of carbonyl (C=O) groups is 1. The maximum absolute atomic E-state index is 12.4. The summed E-state index contributed by atoms with van der Waals surface area (Å²) < 4.78 is 7.18. The van der Waals surface area contributed by atoms with E-state index in [1.165, 1.54) is 0 Å². The van der Waals surface area contributed by atoms with Crippen molar-refractivity contribution >= 4 is 17.5 Å². The van der Waals surface area contributed by atoms with E-state index in [1.807, 2.05) is 25.1 Å². The molecule has 6 nitrogen and oxygen atoms in total. The SMILES string of the molecule is Cc1c(C(=O)N[C@H](C)[C@@H]2CCCO2)nnn1-c1ccccc1Cl. The van der Waals surface area contributed by atoms with Gasteiger partial charge in [0.2, 0.25) is 0 Å². The van der Waals surface area contributed by atoms with Gasteiger partial charge in [-0.3, -0.25) is 4.79 Å². The third kappa shape index (κ3) is 3.23. The molecule has 2 heterocycles. The molecule has 0 aliphatic carbocycles. The number of halogens is 1. The molecule has 1 fully saturated rings. The summed E-state index contributed by atoms with van der Waals surface area (Å²) >= 11 is 6.18. The Balaban J connectivity index is 1.79. The van der Waals surface area contributed by atoms with Gasteiger partial charge >= 0.3 is 0 Å². The second-order valence-corrected chi connectivity index (χ2v) is 6.11. The largest absolute Gasteiger partial charge is 0.376 e. The van der Waals surface area contributed by atoms with Crippen molar-refractivity contribution in [3.63, 3.8) is 0 Å². The van der Waals surface area contributed by atoms with Gasteiger partial charge in [-0.05, 0) is 38.8 Å². The van der Waals surface area contributed by atoms with Gasteiger partial charge in [0.05, 0.1) is 28.5 Å². The van der Waals surface area contributed by atoms with Crippen LogP contribution in [0, 0.1) is 6.92 Å².